The highest BCUT2D eigenvalue weighted by Gasteiger charge is 2.33. The molecule has 1 heterocycles. The third kappa shape index (κ3) is 3.06. The highest BCUT2D eigenvalue weighted by Crippen LogP contribution is 2.19. The normalized spacial score (nSPS) is 18.1. The molecule has 0 aromatic heterocycles. The Morgan fingerprint density at radius 3 is 2.67 bits per heavy atom. The number of nitrogens with two attached hydrogens (primary N) is 1. The van der Waals surface area contributed by atoms with Crippen molar-refractivity contribution in [2.24, 2.45) is 11.7 Å². The van der Waals surface area contributed by atoms with Gasteiger partial charge < -0.3 is 15.7 Å². The van der Waals surface area contributed by atoms with Gasteiger partial charge in [-0.15, -0.1) is 6.58 Å². The summed E-state index contributed by atoms with van der Waals surface area (Å²) in [5, 5.41) is 8.53. The zero-order chi connectivity index (χ0) is 11.4. The molecule has 1 fully saturated rings. The molecule has 0 saturated carbocycles. The molecule has 84 valence electrons. The summed E-state index contributed by atoms with van der Waals surface area (Å²) in [4.78, 5) is 23.5. The second-order valence-corrected chi connectivity index (χ2v) is 3.84. The minimum atomic E-state index is -0.817. The Labute approximate surface area is 88.5 Å². The zero-order valence-electron chi connectivity index (χ0n) is 8.56. The van der Waals surface area contributed by atoms with Crippen LogP contribution in [0.25, 0.3) is 0 Å². The fraction of sp³-hybridized carbons (Fsp3) is 0.600. The molecule has 1 unspecified atom stereocenters. The van der Waals surface area contributed by atoms with Crippen molar-refractivity contribution in [3.05, 3.63) is 12.7 Å². The van der Waals surface area contributed by atoms with Crippen LogP contribution in [0.2, 0.25) is 0 Å². The fourth-order valence-electron chi connectivity index (χ4n) is 1.64. The van der Waals surface area contributed by atoms with Gasteiger partial charge in [0.05, 0.1) is 12.5 Å². The maximum Gasteiger partial charge on any atom is 0.303 e. The van der Waals surface area contributed by atoms with E-state index < -0.39 is 12.0 Å². The number of carboxylic acids is 1. The maximum atomic E-state index is 11.6. The van der Waals surface area contributed by atoms with E-state index in [9.17, 15) is 9.59 Å². The fourth-order valence-corrected chi connectivity index (χ4v) is 1.64. The summed E-state index contributed by atoms with van der Waals surface area (Å²) in [7, 11) is 0. The first-order valence-corrected chi connectivity index (χ1v) is 4.91. The first kappa shape index (κ1) is 11.7. The Balaban J connectivity index is 2.28. The molecule has 0 aromatic carbocycles. The van der Waals surface area contributed by atoms with Crippen LogP contribution < -0.4 is 5.73 Å². The van der Waals surface area contributed by atoms with E-state index in [1.165, 1.54) is 0 Å². The minimum absolute atomic E-state index is 0.0855. The number of amides is 1. The Bertz CT molecular complexity index is 272. The summed E-state index contributed by atoms with van der Waals surface area (Å²) in [5.74, 6) is -0.846. The third-order valence-electron chi connectivity index (χ3n) is 2.47. The quantitative estimate of drug-likeness (QED) is 0.619. The average Bonchev–Trinajstić information content (AvgIpc) is 2.09. The van der Waals surface area contributed by atoms with E-state index in [1.54, 1.807) is 11.0 Å². The minimum Gasteiger partial charge on any atom is -0.481 e. The second-order valence-electron chi connectivity index (χ2n) is 3.84. The number of carboxylic acid groups (broad SMARTS) is 1. The number of carbonyl (C=O) groups is 2. The van der Waals surface area contributed by atoms with Gasteiger partial charge in [-0.1, -0.05) is 6.08 Å². The van der Waals surface area contributed by atoms with Crippen LogP contribution in [0.4, 0.5) is 0 Å². The number of likely N-dealkylation sites (tertiary alicyclic amines) is 1. The highest BCUT2D eigenvalue weighted by molar-refractivity contribution is 5.82. The van der Waals surface area contributed by atoms with E-state index >= 15 is 0 Å². The molecule has 3 N–H and O–H groups in total. The molecule has 1 aliphatic rings. The first-order valence-electron chi connectivity index (χ1n) is 4.91. The standard InChI is InChI=1S/C10H16N2O3/c1-2-3-8(11)10(15)12-5-7(6-12)4-9(13)14/h2,7-8H,1,3-6,11H2,(H,13,14). The number of hydrogen-bond donors (Lipinski definition) is 2. The van der Waals surface area contributed by atoms with E-state index in [0.29, 0.717) is 19.5 Å². The molecule has 1 atom stereocenters. The molecule has 5 nitrogen and oxygen atoms in total. The lowest BCUT2D eigenvalue weighted by Gasteiger charge is -2.39. The number of hydrogen-bond acceptors (Lipinski definition) is 3. The van der Waals surface area contributed by atoms with Gasteiger partial charge in [0, 0.05) is 19.0 Å². The predicted molar refractivity (Wildman–Crippen MR) is 55.1 cm³/mol. The van der Waals surface area contributed by atoms with Crippen molar-refractivity contribution < 1.29 is 14.7 Å². The van der Waals surface area contributed by atoms with Gasteiger partial charge in [-0.25, -0.2) is 0 Å². The van der Waals surface area contributed by atoms with Crippen LogP contribution >= 0.6 is 0 Å². The van der Waals surface area contributed by atoms with Gasteiger partial charge >= 0.3 is 5.97 Å². The molecular weight excluding hydrogens is 196 g/mol. The van der Waals surface area contributed by atoms with Gasteiger partial charge in [-0.2, -0.15) is 0 Å². The van der Waals surface area contributed by atoms with Crippen molar-refractivity contribution in [1.82, 2.24) is 4.90 Å². The largest absolute Gasteiger partial charge is 0.481 e. The molecule has 0 aromatic rings. The molecule has 1 saturated heterocycles. The van der Waals surface area contributed by atoms with Crippen LogP contribution in [0.5, 0.6) is 0 Å². The molecule has 0 aliphatic carbocycles. The van der Waals surface area contributed by atoms with Gasteiger partial charge in [0.25, 0.3) is 0 Å². The first-order chi connectivity index (χ1) is 7.04. The summed E-state index contributed by atoms with van der Waals surface area (Å²) >= 11 is 0. The number of rotatable bonds is 5. The average molecular weight is 212 g/mol. The maximum absolute atomic E-state index is 11.6. The Morgan fingerprint density at radius 2 is 2.20 bits per heavy atom. The number of carbonyl (C=O) groups excluding carboxylic acids is 1. The van der Waals surface area contributed by atoms with Gasteiger partial charge in [0.1, 0.15) is 0 Å². The van der Waals surface area contributed by atoms with Crippen LogP contribution in [0.1, 0.15) is 12.8 Å². The second kappa shape index (κ2) is 4.93. The topological polar surface area (TPSA) is 83.6 Å². The van der Waals surface area contributed by atoms with Gasteiger partial charge in [0.15, 0.2) is 0 Å². The van der Waals surface area contributed by atoms with Gasteiger partial charge in [-0.05, 0) is 6.42 Å². The lowest BCUT2D eigenvalue weighted by molar-refractivity contribution is -0.145. The molecule has 1 amide bonds. The summed E-state index contributed by atoms with van der Waals surface area (Å²) < 4.78 is 0. The zero-order valence-corrected chi connectivity index (χ0v) is 8.56. The number of nitrogens with zero attached hydrogens (tertiary/aromatic N) is 1. The van der Waals surface area contributed by atoms with Crippen molar-refractivity contribution in [1.29, 1.82) is 0 Å². The summed E-state index contributed by atoms with van der Waals surface area (Å²) in [6.45, 7) is 4.53. The van der Waals surface area contributed by atoms with Crippen LogP contribution in [-0.2, 0) is 9.59 Å². The lowest BCUT2D eigenvalue weighted by atomic mass is 9.95. The van der Waals surface area contributed by atoms with Crippen molar-refractivity contribution >= 4 is 11.9 Å². The molecule has 15 heavy (non-hydrogen) atoms. The molecule has 0 radical (unpaired) electrons. The molecule has 1 aliphatic heterocycles. The summed E-state index contributed by atoms with van der Waals surface area (Å²) in [6.07, 6.45) is 2.19. The predicted octanol–water partition coefficient (Wildman–Crippen LogP) is -0.177. The third-order valence-corrected chi connectivity index (χ3v) is 2.47. The van der Waals surface area contributed by atoms with E-state index in [0.717, 1.165) is 0 Å². The van der Waals surface area contributed by atoms with E-state index in [2.05, 4.69) is 6.58 Å². The monoisotopic (exact) mass is 212 g/mol. The molecular formula is C10H16N2O3. The highest BCUT2D eigenvalue weighted by atomic mass is 16.4. The Morgan fingerprint density at radius 1 is 1.60 bits per heavy atom. The van der Waals surface area contributed by atoms with E-state index in [1.807, 2.05) is 0 Å². The van der Waals surface area contributed by atoms with Crippen LogP contribution in [0.3, 0.4) is 0 Å². The number of aliphatic carboxylic acids is 1. The van der Waals surface area contributed by atoms with Crippen LogP contribution in [0, 0.1) is 5.92 Å². The van der Waals surface area contributed by atoms with E-state index in [-0.39, 0.29) is 18.2 Å². The summed E-state index contributed by atoms with van der Waals surface area (Å²) in [5.41, 5.74) is 5.61. The Hall–Kier alpha value is -1.36. The van der Waals surface area contributed by atoms with E-state index in [4.69, 9.17) is 10.8 Å². The van der Waals surface area contributed by atoms with Gasteiger partial charge in [-0.3, -0.25) is 9.59 Å². The van der Waals surface area contributed by atoms with Crippen molar-refractivity contribution in [2.45, 2.75) is 18.9 Å². The molecule has 5 heteroatoms. The SMILES string of the molecule is C=CCC(N)C(=O)N1CC(CC(=O)O)C1. The van der Waals surface area contributed by atoms with Crippen molar-refractivity contribution in [3.8, 4) is 0 Å². The lowest BCUT2D eigenvalue weighted by Crippen LogP contribution is -2.55. The van der Waals surface area contributed by atoms with Crippen molar-refractivity contribution in [2.75, 3.05) is 13.1 Å². The smallest absolute Gasteiger partial charge is 0.303 e. The van der Waals surface area contributed by atoms with Crippen molar-refractivity contribution in [3.63, 3.8) is 0 Å². The molecule has 0 bridgehead atoms. The van der Waals surface area contributed by atoms with Crippen LogP contribution in [0.15, 0.2) is 12.7 Å². The van der Waals surface area contributed by atoms with Gasteiger partial charge in [0.2, 0.25) is 5.91 Å². The van der Waals surface area contributed by atoms with Crippen LogP contribution in [-0.4, -0.2) is 41.0 Å². The molecule has 1 rings (SSSR count). The Kier molecular flexibility index (Phi) is 3.85. The molecule has 0 spiro atoms. The summed E-state index contributed by atoms with van der Waals surface area (Å²) in [6, 6.07) is -0.534.